The lowest BCUT2D eigenvalue weighted by Gasteiger charge is -2.07. The molecule has 0 atom stereocenters. The molecule has 1 aromatic rings. The van der Waals surface area contributed by atoms with Crippen LogP contribution < -0.4 is 4.74 Å². The number of benzene rings is 1. The minimum atomic E-state index is -0.371. The third kappa shape index (κ3) is 3.21. The average Bonchev–Trinajstić information content (AvgIpc) is 2.24. The molecular formula is C12H16N2O3. The zero-order valence-electron chi connectivity index (χ0n) is 10.4. The number of rotatable bonds is 4. The molecule has 0 saturated carbocycles. The van der Waals surface area contributed by atoms with Crippen molar-refractivity contribution >= 4 is 11.8 Å². The van der Waals surface area contributed by atoms with E-state index in [1.165, 1.54) is 0 Å². The summed E-state index contributed by atoms with van der Waals surface area (Å²) in [6.45, 7) is 1.70. The Morgan fingerprint density at radius 3 is 2.53 bits per heavy atom. The Kier molecular flexibility index (Phi) is 4.09. The Labute approximate surface area is 100 Å². The SMILES string of the molecule is COc1cc(C)c([N+](=O)[O-])c(C=CN(C)C)c1. The van der Waals surface area contributed by atoms with Gasteiger partial charge in [0.15, 0.2) is 0 Å². The number of aryl methyl sites for hydroxylation is 1. The van der Waals surface area contributed by atoms with Gasteiger partial charge in [0.2, 0.25) is 0 Å². The highest BCUT2D eigenvalue weighted by Crippen LogP contribution is 2.29. The van der Waals surface area contributed by atoms with Gasteiger partial charge in [-0.05, 0) is 31.3 Å². The van der Waals surface area contributed by atoms with Crippen LogP contribution in [0.25, 0.3) is 6.08 Å². The molecule has 0 spiro atoms. The van der Waals surface area contributed by atoms with Gasteiger partial charge in [-0.25, -0.2) is 0 Å². The Bertz CT molecular complexity index is 453. The van der Waals surface area contributed by atoms with Crippen LogP contribution in [0.1, 0.15) is 11.1 Å². The summed E-state index contributed by atoms with van der Waals surface area (Å²) in [6, 6.07) is 3.32. The van der Waals surface area contributed by atoms with E-state index in [1.54, 1.807) is 38.4 Å². The Morgan fingerprint density at radius 1 is 1.41 bits per heavy atom. The van der Waals surface area contributed by atoms with Crippen LogP contribution >= 0.6 is 0 Å². The van der Waals surface area contributed by atoms with E-state index in [-0.39, 0.29) is 10.6 Å². The molecule has 0 unspecified atom stereocenters. The molecule has 1 aromatic carbocycles. The van der Waals surface area contributed by atoms with E-state index >= 15 is 0 Å². The van der Waals surface area contributed by atoms with E-state index in [0.717, 1.165) is 0 Å². The molecule has 0 bridgehead atoms. The maximum Gasteiger partial charge on any atom is 0.279 e. The first-order valence-corrected chi connectivity index (χ1v) is 5.13. The van der Waals surface area contributed by atoms with Gasteiger partial charge in [0.1, 0.15) is 5.75 Å². The summed E-state index contributed by atoms with van der Waals surface area (Å²) in [6.07, 6.45) is 3.47. The molecule has 0 aromatic heterocycles. The number of nitro benzene ring substituents is 1. The highest BCUT2D eigenvalue weighted by Gasteiger charge is 2.17. The molecule has 0 heterocycles. The fourth-order valence-electron chi connectivity index (χ4n) is 1.50. The summed E-state index contributed by atoms with van der Waals surface area (Å²) in [5.74, 6) is 0.617. The van der Waals surface area contributed by atoms with E-state index < -0.39 is 0 Å². The van der Waals surface area contributed by atoms with Gasteiger partial charge in [0.05, 0.1) is 17.6 Å². The monoisotopic (exact) mass is 236 g/mol. The summed E-state index contributed by atoms with van der Waals surface area (Å²) in [4.78, 5) is 12.5. The minimum absolute atomic E-state index is 0.115. The molecule has 0 fully saturated rings. The highest BCUT2D eigenvalue weighted by molar-refractivity contribution is 5.65. The van der Waals surface area contributed by atoms with Crippen molar-refractivity contribution in [3.8, 4) is 5.75 Å². The van der Waals surface area contributed by atoms with E-state index in [0.29, 0.717) is 16.9 Å². The summed E-state index contributed by atoms with van der Waals surface area (Å²) in [7, 11) is 5.25. The van der Waals surface area contributed by atoms with Gasteiger partial charge < -0.3 is 9.64 Å². The number of hydrogen-bond acceptors (Lipinski definition) is 4. The number of methoxy groups -OCH3 is 1. The average molecular weight is 236 g/mol. The van der Waals surface area contributed by atoms with Crippen molar-refractivity contribution in [1.82, 2.24) is 4.90 Å². The highest BCUT2D eigenvalue weighted by atomic mass is 16.6. The molecule has 0 aliphatic carbocycles. The van der Waals surface area contributed by atoms with Gasteiger partial charge in [-0.15, -0.1) is 0 Å². The Balaban J connectivity index is 3.32. The summed E-state index contributed by atoms with van der Waals surface area (Å²) in [5.41, 5.74) is 1.25. The number of nitro groups is 1. The molecule has 5 heteroatoms. The molecule has 0 saturated heterocycles. The van der Waals surface area contributed by atoms with Gasteiger partial charge >= 0.3 is 0 Å². The third-order valence-corrected chi connectivity index (χ3v) is 2.27. The van der Waals surface area contributed by atoms with Gasteiger partial charge in [-0.1, -0.05) is 0 Å². The van der Waals surface area contributed by atoms with E-state index in [2.05, 4.69) is 0 Å². The van der Waals surface area contributed by atoms with Crippen LogP contribution in [0.3, 0.4) is 0 Å². The van der Waals surface area contributed by atoms with Crippen molar-refractivity contribution in [2.24, 2.45) is 0 Å². The second kappa shape index (κ2) is 5.34. The largest absolute Gasteiger partial charge is 0.497 e. The quantitative estimate of drug-likeness (QED) is 0.595. The maximum atomic E-state index is 11.0. The third-order valence-electron chi connectivity index (χ3n) is 2.27. The predicted molar refractivity (Wildman–Crippen MR) is 67.1 cm³/mol. The minimum Gasteiger partial charge on any atom is -0.497 e. The van der Waals surface area contributed by atoms with Crippen LogP contribution in [0.4, 0.5) is 5.69 Å². The second-order valence-corrected chi connectivity index (χ2v) is 3.92. The molecule has 5 nitrogen and oxygen atoms in total. The molecular weight excluding hydrogens is 220 g/mol. The van der Waals surface area contributed by atoms with Crippen molar-refractivity contribution in [2.75, 3.05) is 21.2 Å². The number of nitrogens with zero attached hydrogens (tertiary/aromatic N) is 2. The molecule has 0 N–H and O–H groups in total. The van der Waals surface area contributed by atoms with Crippen molar-refractivity contribution in [3.05, 3.63) is 39.6 Å². The molecule has 1 rings (SSSR count). The van der Waals surface area contributed by atoms with Crippen molar-refractivity contribution in [2.45, 2.75) is 6.92 Å². The van der Waals surface area contributed by atoms with Crippen molar-refractivity contribution in [1.29, 1.82) is 0 Å². The predicted octanol–water partition coefficient (Wildman–Crippen LogP) is 2.44. The fraction of sp³-hybridized carbons (Fsp3) is 0.333. The zero-order valence-corrected chi connectivity index (χ0v) is 10.4. The summed E-state index contributed by atoms with van der Waals surface area (Å²) in [5, 5.41) is 11.0. The first-order chi connectivity index (χ1) is 7.95. The lowest BCUT2D eigenvalue weighted by atomic mass is 10.1. The van der Waals surface area contributed by atoms with Gasteiger partial charge in [0.25, 0.3) is 5.69 Å². The standard InChI is InChI=1S/C12H16N2O3/c1-9-7-11(17-4)8-10(5-6-13(2)3)12(9)14(15)16/h5-8H,1-4H3. The van der Waals surface area contributed by atoms with E-state index in [1.807, 2.05) is 19.0 Å². The number of hydrogen-bond donors (Lipinski definition) is 0. The second-order valence-electron chi connectivity index (χ2n) is 3.92. The van der Waals surface area contributed by atoms with Gasteiger partial charge in [-0.2, -0.15) is 0 Å². The molecule has 92 valence electrons. The summed E-state index contributed by atoms with van der Waals surface area (Å²) >= 11 is 0. The molecule has 17 heavy (non-hydrogen) atoms. The first-order valence-electron chi connectivity index (χ1n) is 5.13. The fourth-order valence-corrected chi connectivity index (χ4v) is 1.50. The molecule has 0 aliphatic rings. The topological polar surface area (TPSA) is 55.6 Å². The van der Waals surface area contributed by atoms with Crippen molar-refractivity contribution < 1.29 is 9.66 Å². The summed E-state index contributed by atoms with van der Waals surface area (Å²) < 4.78 is 5.11. The van der Waals surface area contributed by atoms with E-state index in [9.17, 15) is 10.1 Å². The lowest BCUT2D eigenvalue weighted by molar-refractivity contribution is -0.385. The molecule has 0 aliphatic heterocycles. The Hall–Kier alpha value is -2.04. The van der Waals surface area contributed by atoms with E-state index in [4.69, 9.17) is 4.74 Å². The smallest absolute Gasteiger partial charge is 0.279 e. The van der Waals surface area contributed by atoms with Gasteiger partial charge in [-0.3, -0.25) is 10.1 Å². The van der Waals surface area contributed by atoms with Crippen LogP contribution in [0.15, 0.2) is 18.3 Å². The lowest BCUT2D eigenvalue weighted by Crippen LogP contribution is -2.01. The van der Waals surface area contributed by atoms with Crippen LogP contribution in [0.2, 0.25) is 0 Å². The van der Waals surface area contributed by atoms with Crippen LogP contribution in [0, 0.1) is 17.0 Å². The maximum absolute atomic E-state index is 11.0. The Morgan fingerprint density at radius 2 is 2.06 bits per heavy atom. The van der Waals surface area contributed by atoms with Gasteiger partial charge in [0, 0.05) is 19.7 Å². The first kappa shape index (κ1) is 13.0. The van der Waals surface area contributed by atoms with Crippen molar-refractivity contribution in [3.63, 3.8) is 0 Å². The molecule has 0 radical (unpaired) electrons. The van der Waals surface area contributed by atoms with Crippen LogP contribution in [0.5, 0.6) is 5.75 Å². The van der Waals surface area contributed by atoms with Crippen LogP contribution in [-0.2, 0) is 0 Å². The molecule has 0 amide bonds. The normalized spacial score (nSPS) is 10.6. The van der Waals surface area contributed by atoms with Crippen LogP contribution in [-0.4, -0.2) is 31.0 Å². The number of ether oxygens (including phenoxy) is 1. The zero-order chi connectivity index (χ0) is 13.0.